The molecule has 0 spiro atoms. The SMILES string of the molecule is CCOc1cccc(C=C(C)C=O)c1. The van der Waals surface area contributed by atoms with Crippen LogP contribution in [0.3, 0.4) is 0 Å². The fourth-order valence-electron chi connectivity index (χ4n) is 1.16. The van der Waals surface area contributed by atoms with E-state index in [0.717, 1.165) is 17.6 Å². The molecular formula is C12H14O2. The molecular weight excluding hydrogens is 176 g/mol. The van der Waals surface area contributed by atoms with Gasteiger partial charge in [0, 0.05) is 0 Å². The topological polar surface area (TPSA) is 26.3 Å². The highest BCUT2D eigenvalue weighted by atomic mass is 16.5. The maximum absolute atomic E-state index is 10.4. The summed E-state index contributed by atoms with van der Waals surface area (Å²) < 4.78 is 5.34. The second kappa shape index (κ2) is 5.22. The van der Waals surface area contributed by atoms with Crippen molar-refractivity contribution < 1.29 is 9.53 Å². The van der Waals surface area contributed by atoms with Crippen LogP contribution < -0.4 is 4.74 Å². The van der Waals surface area contributed by atoms with Crippen LogP contribution in [-0.4, -0.2) is 12.9 Å². The molecule has 14 heavy (non-hydrogen) atoms. The van der Waals surface area contributed by atoms with Crippen molar-refractivity contribution in [1.29, 1.82) is 0 Å². The zero-order valence-electron chi connectivity index (χ0n) is 8.49. The first-order valence-corrected chi connectivity index (χ1v) is 4.62. The van der Waals surface area contributed by atoms with Crippen LogP contribution in [0.15, 0.2) is 29.8 Å². The van der Waals surface area contributed by atoms with Crippen LogP contribution in [0.5, 0.6) is 5.75 Å². The van der Waals surface area contributed by atoms with Gasteiger partial charge in [-0.15, -0.1) is 0 Å². The molecule has 0 radical (unpaired) electrons. The van der Waals surface area contributed by atoms with Gasteiger partial charge in [-0.3, -0.25) is 4.79 Å². The van der Waals surface area contributed by atoms with Crippen molar-refractivity contribution in [1.82, 2.24) is 0 Å². The van der Waals surface area contributed by atoms with E-state index in [-0.39, 0.29) is 0 Å². The Kier molecular flexibility index (Phi) is 3.92. The van der Waals surface area contributed by atoms with E-state index in [0.29, 0.717) is 12.2 Å². The molecule has 1 rings (SSSR count). The van der Waals surface area contributed by atoms with Crippen LogP contribution in [0.4, 0.5) is 0 Å². The molecule has 0 N–H and O–H groups in total. The summed E-state index contributed by atoms with van der Waals surface area (Å²) in [5.41, 5.74) is 1.69. The van der Waals surface area contributed by atoms with Crippen molar-refractivity contribution in [3.8, 4) is 5.75 Å². The second-order valence-electron chi connectivity index (χ2n) is 3.01. The fraction of sp³-hybridized carbons (Fsp3) is 0.250. The summed E-state index contributed by atoms with van der Waals surface area (Å²) in [6, 6.07) is 7.66. The lowest BCUT2D eigenvalue weighted by Crippen LogP contribution is -1.91. The van der Waals surface area contributed by atoms with Gasteiger partial charge >= 0.3 is 0 Å². The summed E-state index contributed by atoms with van der Waals surface area (Å²) in [7, 11) is 0. The third-order valence-electron chi connectivity index (χ3n) is 1.75. The zero-order valence-corrected chi connectivity index (χ0v) is 8.49. The van der Waals surface area contributed by atoms with Crippen molar-refractivity contribution in [3.05, 3.63) is 35.4 Å². The molecule has 1 aromatic carbocycles. The van der Waals surface area contributed by atoms with Crippen LogP contribution in [-0.2, 0) is 4.79 Å². The van der Waals surface area contributed by atoms with Gasteiger partial charge in [0.05, 0.1) is 6.61 Å². The van der Waals surface area contributed by atoms with Gasteiger partial charge in [-0.05, 0) is 43.2 Å². The Morgan fingerprint density at radius 3 is 2.93 bits per heavy atom. The average Bonchev–Trinajstić information content (AvgIpc) is 2.19. The number of allylic oxidation sites excluding steroid dienone is 1. The van der Waals surface area contributed by atoms with E-state index in [2.05, 4.69) is 0 Å². The van der Waals surface area contributed by atoms with Gasteiger partial charge in [0.2, 0.25) is 0 Å². The summed E-state index contributed by atoms with van der Waals surface area (Å²) in [5, 5.41) is 0. The second-order valence-corrected chi connectivity index (χ2v) is 3.01. The van der Waals surface area contributed by atoms with E-state index >= 15 is 0 Å². The third-order valence-corrected chi connectivity index (χ3v) is 1.75. The average molecular weight is 190 g/mol. The van der Waals surface area contributed by atoms with E-state index in [1.54, 1.807) is 6.92 Å². The van der Waals surface area contributed by atoms with Gasteiger partial charge in [0.1, 0.15) is 12.0 Å². The van der Waals surface area contributed by atoms with Crippen LogP contribution in [0.2, 0.25) is 0 Å². The minimum absolute atomic E-state index is 0.653. The van der Waals surface area contributed by atoms with Crippen LogP contribution in [0.25, 0.3) is 6.08 Å². The number of aldehydes is 1. The minimum Gasteiger partial charge on any atom is -0.494 e. The lowest BCUT2D eigenvalue weighted by Gasteiger charge is -2.03. The standard InChI is InChI=1S/C12H14O2/c1-3-14-12-6-4-5-11(8-12)7-10(2)9-13/h4-9H,3H2,1-2H3. The normalized spacial score (nSPS) is 11.1. The number of carbonyl (C=O) groups excluding carboxylic acids is 1. The Labute approximate surface area is 84.2 Å². The van der Waals surface area contributed by atoms with E-state index in [9.17, 15) is 4.79 Å². The van der Waals surface area contributed by atoms with Crippen LogP contribution in [0, 0.1) is 0 Å². The molecule has 0 aliphatic carbocycles. The van der Waals surface area contributed by atoms with Gasteiger partial charge < -0.3 is 4.74 Å². The molecule has 2 heteroatoms. The molecule has 0 saturated heterocycles. The highest BCUT2D eigenvalue weighted by Crippen LogP contribution is 2.15. The molecule has 0 atom stereocenters. The molecule has 0 heterocycles. The maximum atomic E-state index is 10.4. The van der Waals surface area contributed by atoms with E-state index in [1.807, 2.05) is 37.3 Å². The van der Waals surface area contributed by atoms with Crippen LogP contribution >= 0.6 is 0 Å². The van der Waals surface area contributed by atoms with Crippen molar-refractivity contribution in [3.63, 3.8) is 0 Å². The Hall–Kier alpha value is -1.57. The first-order valence-electron chi connectivity index (χ1n) is 4.62. The third kappa shape index (κ3) is 3.05. The number of rotatable bonds is 4. The molecule has 2 nitrogen and oxygen atoms in total. The van der Waals surface area contributed by atoms with E-state index in [1.165, 1.54) is 0 Å². The zero-order chi connectivity index (χ0) is 10.4. The highest BCUT2D eigenvalue weighted by Gasteiger charge is 1.93. The maximum Gasteiger partial charge on any atom is 0.145 e. The molecule has 0 saturated carbocycles. The molecule has 0 aliphatic rings. The van der Waals surface area contributed by atoms with Gasteiger partial charge in [-0.1, -0.05) is 12.1 Å². The summed E-state index contributed by atoms with van der Waals surface area (Å²) in [4.78, 5) is 10.4. The lowest BCUT2D eigenvalue weighted by molar-refractivity contribution is -0.104. The van der Waals surface area contributed by atoms with Gasteiger partial charge in [-0.25, -0.2) is 0 Å². The molecule has 74 valence electrons. The highest BCUT2D eigenvalue weighted by molar-refractivity contribution is 5.80. The van der Waals surface area contributed by atoms with E-state index in [4.69, 9.17) is 4.74 Å². The summed E-state index contributed by atoms with van der Waals surface area (Å²) >= 11 is 0. The monoisotopic (exact) mass is 190 g/mol. The number of benzene rings is 1. The predicted octanol–water partition coefficient (Wildman–Crippen LogP) is 2.69. The van der Waals surface area contributed by atoms with Crippen molar-refractivity contribution in [2.75, 3.05) is 6.61 Å². The Morgan fingerprint density at radius 1 is 1.50 bits per heavy atom. The largest absolute Gasteiger partial charge is 0.494 e. The Bertz CT molecular complexity index is 340. The van der Waals surface area contributed by atoms with Crippen molar-refractivity contribution >= 4 is 12.4 Å². The summed E-state index contributed by atoms with van der Waals surface area (Å²) in [5.74, 6) is 0.833. The Morgan fingerprint density at radius 2 is 2.29 bits per heavy atom. The van der Waals surface area contributed by atoms with Gasteiger partial charge in [0.25, 0.3) is 0 Å². The summed E-state index contributed by atoms with van der Waals surface area (Å²) in [6.45, 7) is 4.37. The number of ether oxygens (including phenoxy) is 1. The van der Waals surface area contributed by atoms with Crippen LogP contribution in [0.1, 0.15) is 19.4 Å². The van der Waals surface area contributed by atoms with Gasteiger partial charge in [-0.2, -0.15) is 0 Å². The molecule has 0 aliphatic heterocycles. The number of hydrogen-bond acceptors (Lipinski definition) is 2. The molecule has 0 fully saturated rings. The molecule has 0 amide bonds. The predicted molar refractivity (Wildman–Crippen MR) is 57.3 cm³/mol. The Balaban J connectivity index is 2.88. The lowest BCUT2D eigenvalue weighted by atomic mass is 10.1. The first-order chi connectivity index (χ1) is 6.76. The number of carbonyl (C=O) groups is 1. The summed E-state index contributed by atoms with van der Waals surface area (Å²) in [6.07, 6.45) is 2.67. The molecule has 0 bridgehead atoms. The molecule has 0 aromatic heterocycles. The molecule has 0 unspecified atom stereocenters. The fourth-order valence-corrected chi connectivity index (χ4v) is 1.16. The quantitative estimate of drug-likeness (QED) is 0.539. The smallest absolute Gasteiger partial charge is 0.145 e. The van der Waals surface area contributed by atoms with Crippen molar-refractivity contribution in [2.24, 2.45) is 0 Å². The molecule has 1 aromatic rings. The van der Waals surface area contributed by atoms with E-state index < -0.39 is 0 Å². The first kappa shape index (κ1) is 10.5. The van der Waals surface area contributed by atoms with Crippen molar-refractivity contribution in [2.45, 2.75) is 13.8 Å². The van der Waals surface area contributed by atoms with Gasteiger partial charge in [0.15, 0.2) is 0 Å². The number of hydrogen-bond donors (Lipinski definition) is 0. The minimum atomic E-state index is 0.653.